The number of thiophene rings is 1. The minimum absolute atomic E-state index is 0.286. The van der Waals surface area contributed by atoms with Gasteiger partial charge in [0.25, 0.3) is 0 Å². The van der Waals surface area contributed by atoms with Crippen LogP contribution in [0.15, 0.2) is 24.3 Å². The highest BCUT2D eigenvalue weighted by molar-refractivity contribution is 7.22. The summed E-state index contributed by atoms with van der Waals surface area (Å²) in [6, 6.07) is 7.35. The third-order valence-corrected chi connectivity index (χ3v) is 2.98. The van der Waals surface area contributed by atoms with Gasteiger partial charge < -0.3 is 10.5 Å². The van der Waals surface area contributed by atoms with Gasteiger partial charge in [-0.25, -0.2) is 4.79 Å². The van der Waals surface area contributed by atoms with Crippen molar-refractivity contribution < 1.29 is 9.53 Å². The maximum absolute atomic E-state index is 11.4. The number of fused-ring (bicyclic) bond motifs is 1. The summed E-state index contributed by atoms with van der Waals surface area (Å²) in [5.41, 5.74) is 6.25. The fourth-order valence-electron chi connectivity index (χ4n) is 1.39. The Hall–Kier alpha value is -1.55. The van der Waals surface area contributed by atoms with Gasteiger partial charge in [-0.15, -0.1) is 11.3 Å². The number of rotatable bonds is 2. The van der Waals surface area contributed by atoms with Gasteiger partial charge in [-0.3, -0.25) is 0 Å². The monoisotopic (exact) mass is 221 g/mol. The third kappa shape index (κ3) is 1.94. The van der Waals surface area contributed by atoms with Crippen molar-refractivity contribution >= 4 is 32.4 Å². The number of nitrogen functional groups attached to an aromatic ring is 1. The molecule has 1 aromatic heterocycles. The fraction of sp³-hybridized carbons (Fsp3) is 0.182. The maximum atomic E-state index is 11.4. The molecule has 0 spiro atoms. The predicted octanol–water partition coefficient (Wildman–Crippen LogP) is 2.66. The van der Waals surface area contributed by atoms with Crippen molar-refractivity contribution in [2.24, 2.45) is 0 Å². The molecule has 0 bridgehead atoms. The Bertz CT molecular complexity index is 504. The van der Waals surface area contributed by atoms with Crippen molar-refractivity contribution in [3.8, 4) is 0 Å². The summed E-state index contributed by atoms with van der Waals surface area (Å²) < 4.78 is 5.93. The van der Waals surface area contributed by atoms with Crippen LogP contribution in [0.2, 0.25) is 0 Å². The molecule has 0 aliphatic carbocycles. The first-order chi connectivity index (χ1) is 7.20. The van der Waals surface area contributed by atoms with Crippen molar-refractivity contribution in [1.82, 2.24) is 0 Å². The minimum Gasteiger partial charge on any atom is -0.462 e. The van der Waals surface area contributed by atoms with Gasteiger partial charge in [-0.05, 0) is 30.5 Å². The molecular formula is C11H11NO2S. The lowest BCUT2D eigenvalue weighted by atomic mass is 10.2. The van der Waals surface area contributed by atoms with Crippen LogP contribution >= 0.6 is 11.3 Å². The molecule has 1 heterocycles. The Morgan fingerprint density at radius 1 is 1.47 bits per heavy atom. The highest BCUT2D eigenvalue weighted by Gasteiger charge is 2.08. The van der Waals surface area contributed by atoms with Crippen LogP contribution in [0.5, 0.6) is 0 Å². The number of ether oxygens (including phenoxy) is 1. The van der Waals surface area contributed by atoms with Crippen LogP contribution in [0.3, 0.4) is 0 Å². The molecule has 0 atom stereocenters. The summed E-state index contributed by atoms with van der Waals surface area (Å²) in [4.78, 5) is 11.4. The molecule has 0 radical (unpaired) electrons. The standard InChI is InChI=1S/C11H11NO2S/c1-2-14-11(13)8-4-3-7-6-10(12)15-9(7)5-8/h3-6H,2,12H2,1H3. The van der Waals surface area contributed by atoms with E-state index < -0.39 is 0 Å². The van der Waals surface area contributed by atoms with Gasteiger partial charge in [-0.2, -0.15) is 0 Å². The van der Waals surface area contributed by atoms with Crippen LogP contribution < -0.4 is 5.73 Å². The Morgan fingerprint density at radius 3 is 3.00 bits per heavy atom. The van der Waals surface area contributed by atoms with Gasteiger partial charge in [0.2, 0.25) is 0 Å². The number of benzene rings is 1. The molecule has 15 heavy (non-hydrogen) atoms. The van der Waals surface area contributed by atoms with E-state index >= 15 is 0 Å². The molecule has 0 aliphatic heterocycles. The summed E-state index contributed by atoms with van der Waals surface area (Å²) >= 11 is 1.47. The number of hydrogen-bond acceptors (Lipinski definition) is 4. The van der Waals surface area contributed by atoms with Gasteiger partial charge in [0.05, 0.1) is 17.2 Å². The van der Waals surface area contributed by atoms with Gasteiger partial charge in [0.15, 0.2) is 0 Å². The van der Waals surface area contributed by atoms with Crippen LogP contribution in [-0.2, 0) is 4.74 Å². The van der Waals surface area contributed by atoms with Crippen molar-refractivity contribution in [2.45, 2.75) is 6.92 Å². The van der Waals surface area contributed by atoms with Crippen LogP contribution in [0, 0.1) is 0 Å². The Labute approximate surface area is 91.5 Å². The molecule has 0 amide bonds. The molecule has 0 saturated carbocycles. The molecule has 2 aromatic rings. The fourth-order valence-corrected chi connectivity index (χ4v) is 2.26. The summed E-state index contributed by atoms with van der Waals surface area (Å²) in [7, 11) is 0. The third-order valence-electron chi connectivity index (χ3n) is 2.05. The van der Waals surface area contributed by atoms with Gasteiger partial charge in [0, 0.05) is 4.70 Å². The van der Waals surface area contributed by atoms with E-state index in [9.17, 15) is 4.79 Å². The quantitative estimate of drug-likeness (QED) is 0.793. The molecule has 2 rings (SSSR count). The minimum atomic E-state index is -0.286. The first kappa shape index (κ1) is 9.98. The van der Waals surface area contributed by atoms with Crippen LogP contribution in [0.1, 0.15) is 17.3 Å². The van der Waals surface area contributed by atoms with E-state index in [0.717, 1.165) is 15.1 Å². The average molecular weight is 221 g/mol. The molecule has 3 nitrogen and oxygen atoms in total. The van der Waals surface area contributed by atoms with E-state index in [1.165, 1.54) is 11.3 Å². The molecule has 1 aromatic carbocycles. The number of anilines is 1. The normalized spacial score (nSPS) is 10.5. The highest BCUT2D eigenvalue weighted by Crippen LogP contribution is 2.28. The largest absolute Gasteiger partial charge is 0.462 e. The average Bonchev–Trinajstić information content (AvgIpc) is 2.57. The van der Waals surface area contributed by atoms with Crippen LogP contribution in [0.4, 0.5) is 5.00 Å². The molecule has 78 valence electrons. The van der Waals surface area contributed by atoms with Crippen molar-refractivity contribution in [3.63, 3.8) is 0 Å². The molecule has 0 unspecified atom stereocenters. The SMILES string of the molecule is CCOC(=O)c1ccc2cc(N)sc2c1. The second-order valence-corrected chi connectivity index (χ2v) is 4.24. The van der Waals surface area contributed by atoms with E-state index in [2.05, 4.69) is 0 Å². The van der Waals surface area contributed by atoms with E-state index in [-0.39, 0.29) is 5.97 Å². The van der Waals surface area contributed by atoms with Gasteiger partial charge in [-0.1, -0.05) is 6.07 Å². The Morgan fingerprint density at radius 2 is 2.27 bits per heavy atom. The molecule has 0 aliphatic rings. The number of hydrogen-bond donors (Lipinski definition) is 1. The van der Waals surface area contributed by atoms with Gasteiger partial charge >= 0.3 is 5.97 Å². The number of carbonyl (C=O) groups is 1. The topological polar surface area (TPSA) is 52.3 Å². The lowest BCUT2D eigenvalue weighted by molar-refractivity contribution is 0.0526. The van der Waals surface area contributed by atoms with Gasteiger partial charge in [0.1, 0.15) is 0 Å². The van der Waals surface area contributed by atoms with Crippen molar-refractivity contribution in [2.75, 3.05) is 12.3 Å². The lowest BCUT2D eigenvalue weighted by Gasteiger charge is -2.00. The molecular weight excluding hydrogens is 210 g/mol. The van der Waals surface area contributed by atoms with Crippen LogP contribution in [0.25, 0.3) is 10.1 Å². The number of nitrogens with two attached hydrogens (primary N) is 1. The zero-order valence-electron chi connectivity index (χ0n) is 8.32. The summed E-state index contributed by atoms with van der Waals surface area (Å²) in [5, 5.41) is 1.82. The predicted molar refractivity (Wildman–Crippen MR) is 62.2 cm³/mol. The van der Waals surface area contributed by atoms with E-state index in [1.807, 2.05) is 18.2 Å². The first-order valence-electron chi connectivity index (χ1n) is 4.67. The maximum Gasteiger partial charge on any atom is 0.338 e. The molecule has 0 fully saturated rings. The van der Waals surface area contributed by atoms with Crippen LogP contribution in [-0.4, -0.2) is 12.6 Å². The Balaban J connectivity index is 2.41. The second kappa shape index (κ2) is 3.90. The summed E-state index contributed by atoms with van der Waals surface area (Å²) in [5.74, 6) is -0.286. The van der Waals surface area contributed by atoms with Crippen molar-refractivity contribution in [3.05, 3.63) is 29.8 Å². The lowest BCUT2D eigenvalue weighted by Crippen LogP contribution is -2.03. The second-order valence-electron chi connectivity index (χ2n) is 3.12. The van der Waals surface area contributed by atoms with E-state index in [1.54, 1.807) is 13.0 Å². The summed E-state index contributed by atoms with van der Waals surface area (Å²) in [6.45, 7) is 2.18. The zero-order valence-corrected chi connectivity index (χ0v) is 9.14. The van der Waals surface area contributed by atoms with E-state index in [0.29, 0.717) is 12.2 Å². The van der Waals surface area contributed by atoms with Crippen molar-refractivity contribution in [1.29, 1.82) is 0 Å². The number of esters is 1. The smallest absolute Gasteiger partial charge is 0.338 e. The molecule has 2 N–H and O–H groups in total. The summed E-state index contributed by atoms with van der Waals surface area (Å²) in [6.07, 6.45) is 0. The van der Waals surface area contributed by atoms with E-state index in [4.69, 9.17) is 10.5 Å². The molecule has 4 heteroatoms. The number of carbonyl (C=O) groups excluding carboxylic acids is 1. The molecule has 0 saturated heterocycles. The first-order valence-corrected chi connectivity index (χ1v) is 5.48. The Kier molecular flexibility index (Phi) is 2.60. The highest BCUT2D eigenvalue weighted by atomic mass is 32.1. The zero-order chi connectivity index (χ0) is 10.8.